The molecule has 0 aliphatic heterocycles. The minimum Gasteiger partial charge on any atom is -0.478 e. The van der Waals surface area contributed by atoms with Crippen LogP contribution in [0.25, 0.3) is 0 Å². The number of aromatic carboxylic acids is 1. The summed E-state index contributed by atoms with van der Waals surface area (Å²) in [6, 6.07) is 4.75. The van der Waals surface area contributed by atoms with Gasteiger partial charge in [-0.15, -0.1) is 11.3 Å². The fraction of sp³-hybridized carbons (Fsp3) is 0. The van der Waals surface area contributed by atoms with Crippen LogP contribution in [-0.4, -0.2) is 21.9 Å². The van der Waals surface area contributed by atoms with E-state index in [1.165, 1.54) is 18.2 Å². The number of carboxylic acids is 1. The second kappa shape index (κ2) is 5.90. The first-order valence-electron chi connectivity index (χ1n) is 5.46. The molecule has 2 N–H and O–H groups in total. The molecule has 1 heterocycles. The predicted molar refractivity (Wildman–Crippen MR) is 77.3 cm³/mol. The molecule has 0 radical (unpaired) electrons. The molecule has 0 atom stereocenters. The van der Waals surface area contributed by atoms with Gasteiger partial charge in [-0.25, -0.2) is 4.79 Å². The van der Waals surface area contributed by atoms with Gasteiger partial charge in [-0.05, 0) is 23.6 Å². The number of carbonyl (C=O) groups excluding carboxylic acids is 1. The van der Waals surface area contributed by atoms with Crippen molar-refractivity contribution in [2.75, 3.05) is 5.32 Å². The molecule has 1 aromatic heterocycles. The maximum atomic E-state index is 12.0. The maximum absolute atomic E-state index is 12.0. The molecular weight excluding hydrogens is 320 g/mol. The van der Waals surface area contributed by atoms with Crippen LogP contribution >= 0.6 is 22.9 Å². The molecule has 21 heavy (non-hydrogen) atoms. The Labute approximate surface area is 126 Å². The van der Waals surface area contributed by atoms with E-state index >= 15 is 0 Å². The lowest BCUT2D eigenvalue weighted by Crippen LogP contribution is -2.12. The average molecular weight is 327 g/mol. The van der Waals surface area contributed by atoms with Crippen molar-refractivity contribution in [3.05, 3.63) is 55.2 Å². The molecule has 1 aromatic carbocycles. The van der Waals surface area contributed by atoms with Crippen LogP contribution in [0.5, 0.6) is 0 Å². The van der Waals surface area contributed by atoms with Crippen molar-refractivity contribution in [1.82, 2.24) is 0 Å². The van der Waals surface area contributed by atoms with Crippen LogP contribution in [0.1, 0.15) is 20.0 Å². The van der Waals surface area contributed by atoms with E-state index in [-0.39, 0.29) is 21.2 Å². The highest BCUT2D eigenvalue weighted by molar-refractivity contribution is 7.12. The van der Waals surface area contributed by atoms with Gasteiger partial charge in [0.1, 0.15) is 10.6 Å². The maximum Gasteiger partial charge on any atom is 0.335 e. The molecule has 2 rings (SSSR count). The van der Waals surface area contributed by atoms with Crippen molar-refractivity contribution >= 4 is 46.2 Å². The highest BCUT2D eigenvalue weighted by Gasteiger charge is 2.20. The monoisotopic (exact) mass is 326 g/mol. The van der Waals surface area contributed by atoms with E-state index < -0.39 is 22.5 Å². The van der Waals surface area contributed by atoms with Gasteiger partial charge in [-0.1, -0.05) is 11.6 Å². The van der Waals surface area contributed by atoms with Gasteiger partial charge in [0.05, 0.1) is 15.5 Å². The lowest BCUT2D eigenvalue weighted by molar-refractivity contribution is -0.383. The molecule has 2 aromatic rings. The number of hydrogen-bond donors (Lipinski definition) is 2. The quantitative estimate of drug-likeness (QED) is 0.662. The van der Waals surface area contributed by atoms with Crippen molar-refractivity contribution in [1.29, 1.82) is 0 Å². The Morgan fingerprint density at radius 1 is 1.33 bits per heavy atom. The number of nitrogens with zero attached hydrogens (tertiary/aromatic N) is 1. The summed E-state index contributed by atoms with van der Waals surface area (Å²) >= 11 is 6.90. The molecule has 7 nitrogen and oxygen atoms in total. The summed E-state index contributed by atoms with van der Waals surface area (Å²) in [6.45, 7) is 0. The van der Waals surface area contributed by atoms with Gasteiger partial charge in [0.25, 0.3) is 11.6 Å². The van der Waals surface area contributed by atoms with E-state index in [9.17, 15) is 19.7 Å². The number of nitro benzene ring substituents is 1. The van der Waals surface area contributed by atoms with Crippen LogP contribution in [0.2, 0.25) is 5.02 Å². The molecule has 0 unspecified atom stereocenters. The van der Waals surface area contributed by atoms with Crippen LogP contribution in [0.15, 0.2) is 29.6 Å². The lowest BCUT2D eigenvalue weighted by Gasteiger charge is -2.06. The summed E-state index contributed by atoms with van der Waals surface area (Å²) in [5.74, 6) is -1.89. The fourth-order valence-corrected chi connectivity index (χ4v) is 2.59. The van der Waals surface area contributed by atoms with Crippen molar-refractivity contribution in [3.63, 3.8) is 0 Å². The highest BCUT2D eigenvalue weighted by Crippen LogP contribution is 2.28. The van der Waals surface area contributed by atoms with Gasteiger partial charge < -0.3 is 10.4 Å². The SMILES string of the molecule is O=C(O)c1ccc(NC(=O)c2sccc2Cl)c([N+](=O)[O-])c1. The molecule has 0 aliphatic carbocycles. The molecular formula is C12H7ClN2O5S. The van der Waals surface area contributed by atoms with Crippen molar-refractivity contribution < 1.29 is 19.6 Å². The first kappa shape index (κ1) is 14.9. The Balaban J connectivity index is 2.36. The molecule has 0 saturated carbocycles. The normalized spacial score (nSPS) is 10.1. The Morgan fingerprint density at radius 3 is 2.57 bits per heavy atom. The second-order valence-electron chi connectivity index (χ2n) is 3.85. The van der Waals surface area contributed by atoms with E-state index in [0.29, 0.717) is 0 Å². The van der Waals surface area contributed by atoms with Gasteiger partial charge in [0.2, 0.25) is 0 Å². The van der Waals surface area contributed by atoms with E-state index in [1.54, 1.807) is 5.38 Å². The first-order chi connectivity index (χ1) is 9.90. The third kappa shape index (κ3) is 3.18. The number of nitrogens with one attached hydrogen (secondary N) is 1. The standard InChI is InChI=1S/C12H7ClN2O5S/c13-7-3-4-21-10(7)11(16)14-8-2-1-6(12(17)18)5-9(8)15(19)20/h1-5H,(H,14,16)(H,17,18). The molecule has 0 bridgehead atoms. The summed E-state index contributed by atoms with van der Waals surface area (Å²) in [6.07, 6.45) is 0. The van der Waals surface area contributed by atoms with Crippen molar-refractivity contribution in [2.24, 2.45) is 0 Å². The minimum atomic E-state index is -1.29. The average Bonchev–Trinajstić information content (AvgIpc) is 2.85. The molecule has 0 spiro atoms. The number of amides is 1. The van der Waals surface area contributed by atoms with Crippen LogP contribution in [-0.2, 0) is 0 Å². The number of thiophene rings is 1. The highest BCUT2D eigenvalue weighted by atomic mass is 35.5. The number of carboxylic acid groups (broad SMARTS) is 1. The van der Waals surface area contributed by atoms with Crippen LogP contribution < -0.4 is 5.32 Å². The summed E-state index contributed by atoms with van der Waals surface area (Å²) in [5, 5.41) is 24.0. The lowest BCUT2D eigenvalue weighted by atomic mass is 10.1. The third-order valence-corrected chi connectivity index (χ3v) is 3.85. The Hall–Kier alpha value is -2.45. The second-order valence-corrected chi connectivity index (χ2v) is 5.17. The molecule has 0 aliphatic rings. The van der Waals surface area contributed by atoms with E-state index in [4.69, 9.17) is 16.7 Å². The zero-order valence-electron chi connectivity index (χ0n) is 10.2. The third-order valence-electron chi connectivity index (χ3n) is 2.51. The number of nitro groups is 1. The van der Waals surface area contributed by atoms with E-state index in [2.05, 4.69) is 5.32 Å². The number of anilines is 1. The van der Waals surface area contributed by atoms with E-state index in [0.717, 1.165) is 17.4 Å². The van der Waals surface area contributed by atoms with Gasteiger partial charge >= 0.3 is 5.97 Å². The molecule has 0 saturated heterocycles. The number of carbonyl (C=O) groups is 2. The summed E-state index contributed by atoms with van der Waals surface area (Å²) < 4.78 is 0. The Bertz CT molecular complexity index is 743. The van der Waals surface area contributed by atoms with Crippen molar-refractivity contribution in [2.45, 2.75) is 0 Å². The summed E-state index contributed by atoms with van der Waals surface area (Å²) in [7, 11) is 0. The zero-order chi connectivity index (χ0) is 15.6. The smallest absolute Gasteiger partial charge is 0.335 e. The van der Waals surface area contributed by atoms with E-state index in [1.807, 2.05) is 0 Å². The Kier molecular flexibility index (Phi) is 4.20. The minimum absolute atomic E-state index is 0.0977. The number of hydrogen-bond acceptors (Lipinski definition) is 5. The molecule has 108 valence electrons. The zero-order valence-corrected chi connectivity index (χ0v) is 11.8. The largest absolute Gasteiger partial charge is 0.478 e. The predicted octanol–water partition coefficient (Wildman–Crippen LogP) is 3.26. The van der Waals surface area contributed by atoms with Gasteiger partial charge in [0, 0.05) is 6.07 Å². The fourth-order valence-electron chi connectivity index (χ4n) is 1.56. The number of halogens is 1. The van der Waals surface area contributed by atoms with Crippen LogP contribution in [0.3, 0.4) is 0 Å². The van der Waals surface area contributed by atoms with Crippen LogP contribution in [0, 0.1) is 10.1 Å². The van der Waals surface area contributed by atoms with Gasteiger partial charge in [-0.2, -0.15) is 0 Å². The van der Waals surface area contributed by atoms with Gasteiger partial charge in [-0.3, -0.25) is 14.9 Å². The number of rotatable bonds is 4. The molecule has 0 fully saturated rings. The molecule has 9 heteroatoms. The summed E-state index contributed by atoms with van der Waals surface area (Å²) in [4.78, 5) is 33.2. The summed E-state index contributed by atoms with van der Waals surface area (Å²) in [5.41, 5.74) is -0.843. The Morgan fingerprint density at radius 2 is 2.05 bits per heavy atom. The number of benzene rings is 1. The molecule has 1 amide bonds. The van der Waals surface area contributed by atoms with Crippen LogP contribution in [0.4, 0.5) is 11.4 Å². The topological polar surface area (TPSA) is 110 Å². The van der Waals surface area contributed by atoms with Gasteiger partial charge in [0.15, 0.2) is 0 Å². The first-order valence-corrected chi connectivity index (χ1v) is 6.72. The van der Waals surface area contributed by atoms with Crippen molar-refractivity contribution in [3.8, 4) is 0 Å².